The molecule has 0 unspecified atom stereocenters. The third kappa shape index (κ3) is 7.47. The normalized spacial score (nSPS) is 17.6. The summed E-state index contributed by atoms with van der Waals surface area (Å²) < 4.78 is 11.2. The number of hydrogen-bond donors (Lipinski definition) is 3. The maximum atomic E-state index is 12.4. The number of carbonyl (C=O) groups is 2. The van der Waals surface area contributed by atoms with Crippen molar-refractivity contribution in [2.24, 2.45) is 0 Å². The summed E-state index contributed by atoms with van der Waals surface area (Å²) in [5.41, 5.74) is 5.13. The molecule has 2 amide bonds. The number of benzene rings is 2. The highest BCUT2D eigenvalue weighted by Gasteiger charge is 2.31. The molecular weight excluding hydrogens is 667 g/mol. The fourth-order valence-corrected chi connectivity index (χ4v) is 7.00. The number of nitrogens with one attached hydrogen (secondary N) is 3. The van der Waals surface area contributed by atoms with E-state index in [1.807, 2.05) is 36.4 Å². The van der Waals surface area contributed by atoms with Gasteiger partial charge in [0, 0.05) is 61.4 Å². The molecule has 0 bridgehead atoms. The summed E-state index contributed by atoms with van der Waals surface area (Å²) >= 11 is 14.1. The van der Waals surface area contributed by atoms with E-state index in [0.29, 0.717) is 92.9 Å². The van der Waals surface area contributed by atoms with Crippen molar-refractivity contribution in [1.82, 2.24) is 40.8 Å². The van der Waals surface area contributed by atoms with Crippen molar-refractivity contribution >= 4 is 35.0 Å². The van der Waals surface area contributed by atoms with Gasteiger partial charge in [-0.3, -0.25) is 24.5 Å². The van der Waals surface area contributed by atoms with Crippen LogP contribution in [0.1, 0.15) is 37.1 Å². The van der Waals surface area contributed by atoms with E-state index in [-0.39, 0.29) is 23.9 Å². The topological polar surface area (TPSA) is 143 Å². The molecule has 2 aliphatic rings. The Balaban J connectivity index is 1.24. The lowest BCUT2D eigenvalue weighted by Crippen LogP contribution is -2.41. The number of halogens is 2. The summed E-state index contributed by atoms with van der Waals surface area (Å²) in [6.07, 6.45) is 6.44. The number of hydrogen-bond acceptors (Lipinski definition) is 10. The molecular formula is C35H38Cl2N8O4. The molecule has 3 N–H and O–H groups in total. The molecule has 0 radical (unpaired) electrons. The number of amides is 2. The molecule has 49 heavy (non-hydrogen) atoms. The highest BCUT2D eigenvalue weighted by molar-refractivity contribution is 6.39. The first-order valence-corrected chi connectivity index (χ1v) is 16.9. The largest absolute Gasteiger partial charge is 0.480 e. The van der Waals surface area contributed by atoms with E-state index in [1.54, 1.807) is 33.7 Å². The number of likely N-dealkylation sites (tertiary alicyclic amines) is 1. The predicted octanol–water partition coefficient (Wildman–Crippen LogP) is 4.67. The van der Waals surface area contributed by atoms with Gasteiger partial charge in [-0.1, -0.05) is 59.6 Å². The first-order valence-electron chi connectivity index (χ1n) is 16.1. The van der Waals surface area contributed by atoms with E-state index in [0.717, 1.165) is 25.8 Å². The molecule has 2 aromatic heterocycles. The van der Waals surface area contributed by atoms with Crippen molar-refractivity contribution < 1.29 is 19.1 Å². The second-order valence-electron chi connectivity index (χ2n) is 11.9. The van der Waals surface area contributed by atoms with Crippen molar-refractivity contribution in [2.45, 2.75) is 50.9 Å². The Morgan fingerprint density at radius 2 is 1.51 bits per heavy atom. The SMILES string of the molecule is CNC(=O)[C@H]1CCCN1Cc1ncc(-c2cccc(-c3cccc(-c4cnc(CNC[C@@H]5CCC(=O)N5)c(OC)n4)c3Cl)c2Cl)nc1OC. The van der Waals surface area contributed by atoms with Gasteiger partial charge in [-0.2, -0.15) is 0 Å². The van der Waals surface area contributed by atoms with Gasteiger partial charge in [-0.25, -0.2) is 9.97 Å². The fraction of sp³-hybridized carbons (Fsp3) is 0.371. The number of rotatable bonds is 12. The first-order chi connectivity index (χ1) is 23.8. The molecule has 2 aromatic carbocycles. The number of ether oxygens (including phenoxy) is 2. The van der Waals surface area contributed by atoms with Gasteiger partial charge in [-0.05, 0) is 25.8 Å². The third-order valence-electron chi connectivity index (χ3n) is 8.88. The summed E-state index contributed by atoms with van der Waals surface area (Å²) in [6.45, 7) is 2.30. The molecule has 6 rings (SSSR count). The lowest BCUT2D eigenvalue weighted by atomic mass is 9.98. The van der Waals surface area contributed by atoms with Crippen molar-refractivity contribution in [3.05, 3.63) is 70.2 Å². The smallest absolute Gasteiger partial charge is 0.237 e. The van der Waals surface area contributed by atoms with Gasteiger partial charge in [0.1, 0.15) is 11.4 Å². The average molecular weight is 706 g/mol. The molecule has 2 fully saturated rings. The summed E-state index contributed by atoms with van der Waals surface area (Å²) in [6, 6.07) is 11.2. The zero-order chi connectivity index (χ0) is 34.5. The standard InChI is InChI=1S/C35H38Cl2N8O4/c1-38-33(47)29-11-6-14-45(29)19-28-35(49-3)44-26(18-41-28)24-10-5-8-22(32(24)37)21-7-4-9-23(31(21)36)25-17-40-27(34(43-25)48-2)16-39-15-20-12-13-30(46)42-20/h4-5,7-10,17-18,20,29,39H,6,11-16,19H2,1-3H3,(H,38,47)(H,42,46)/t20-,29+/m0/s1. The lowest BCUT2D eigenvalue weighted by Gasteiger charge is -2.23. The van der Waals surface area contributed by atoms with Crippen LogP contribution in [0.2, 0.25) is 10.0 Å². The van der Waals surface area contributed by atoms with Gasteiger partial charge >= 0.3 is 0 Å². The average Bonchev–Trinajstić information content (AvgIpc) is 3.77. The van der Waals surface area contributed by atoms with Crippen LogP contribution in [0.5, 0.6) is 11.8 Å². The highest BCUT2D eigenvalue weighted by Crippen LogP contribution is 2.42. The molecule has 0 aliphatic carbocycles. The van der Waals surface area contributed by atoms with Crippen LogP contribution in [-0.2, 0) is 22.7 Å². The summed E-state index contributed by atoms with van der Waals surface area (Å²) in [7, 11) is 4.76. The van der Waals surface area contributed by atoms with Gasteiger partial charge in [-0.15, -0.1) is 0 Å². The molecule has 256 valence electrons. The maximum absolute atomic E-state index is 12.4. The molecule has 2 atom stereocenters. The van der Waals surface area contributed by atoms with Gasteiger partial charge < -0.3 is 25.4 Å². The molecule has 14 heteroatoms. The second-order valence-corrected chi connectivity index (χ2v) is 12.7. The van der Waals surface area contributed by atoms with E-state index in [9.17, 15) is 9.59 Å². The Morgan fingerprint density at radius 3 is 2.08 bits per heavy atom. The minimum absolute atomic E-state index is 0.00364. The monoisotopic (exact) mass is 704 g/mol. The lowest BCUT2D eigenvalue weighted by molar-refractivity contribution is -0.125. The van der Waals surface area contributed by atoms with Crippen molar-refractivity contribution in [3.63, 3.8) is 0 Å². The maximum Gasteiger partial charge on any atom is 0.237 e. The van der Waals surface area contributed by atoms with Crippen molar-refractivity contribution in [3.8, 4) is 45.4 Å². The zero-order valence-electron chi connectivity index (χ0n) is 27.6. The van der Waals surface area contributed by atoms with Crippen molar-refractivity contribution in [2.75, 3.05) is 34.4 Å². The van der Waals surface area contributed by atoms with Crippen LogP contribution < -0.4 is 25.4 Å². The van der Waals surface area contributed by atoms with Crippen LogP contribution in [0.4, 0.5) is 0 Å². The number of nitrogens with zero attached hydrogens (tertiary/aromatic N) is 5. The van der Waals surface area contributed by atoms with Gasteiger partial charge in [0.15, 0.2) is 0 Å². The molecule has 4 aromatic rings. The summed E-state index contributed by atoms with van der Waals surface area (Å²) in [4.78, 5) is 44.8. The van der Waals surface area contributed by atoms with Gasteiger partial charge in [0.25, 0.3) is 0 Å². The van der Waals surface area contributed by atoms with Crippen LogP contribution in [-0.4, -0.2) is 83.1 Å². The number of likely N-dealkylation sites (N-methyl/N-ethyl adjacent to an activating group) is 1. The number of aromatic nitrogens is 4. The summed E-state index contributed by atoms with van der Waals surface area (Å²) in [5.74, 6) is 0.830. The molecule has 0 spiro atoms. The number of carbonyl (C=O) groups excluding carboxylic acids is 2. The minimum Gasteiger partial charge on any atom is -0.480 e. The van der Waals surface area contributed by atoms with Crippen LogP contribution in [0.15, 0.2) is 48.8 Å². The van der Waals surface area contributed by atoms with E-state index in [4.69, 9.17) is 47.6 Å². The Hall–Kier alpha value is -4.36. The molecule has 12 nitrogen and oxygen atoms in total. The Bertz CT molecular complexity index is 1860. The van der Waals surface area contributed by atoms with E-state index >= 15 is 0 Å². The van der Waals surface area contributed by atoms with Crippen LogP contribution >= 0.6 is 23.2 Å². The van der Waals surface area contributed by atoms with Crippen molar-refractivity contribution in [1.29, 1.82) is 0 Å². The predicted molar refractivity (Wildman–Crippen MR) is 187 cm³/mol. The van der Waals surface area contributed by atoms with Gasteiger partial charge in [0.05, 0.1) is 54.1 Å². The van der Waals surface area contributed by atoms with Crippen LogP contribution in [0.3, 0.4) is 0 Å². The summed E-state index contributed by atoms with van der Waals surface area (Å²) in [5, 5.41) is 9.93. The molecule has 4 heterocycles. The Kier molecular flexibility index (Phi) is 10.9. The minimum atomic E-state index is -0.206. The number of methoxy groups -OCH3 is 2. The highest BCUT2D eigenvalue weighted by atomic mass is 35.5. The zero-order valence-corrected chi connectivity index (χ0v) is 29.1. The second kappa shape index (κ2) is 15.5. The van der Waals surface area contributed by atoms with Gasteiger partial charge in [0.2, 0.25) is 23.6 Å². The third-order valence-corrected chi connectivity index (χ3v) is 9.70. The first kappa shape index (κ1) is 34.5. The Labute approximate surface area is 295 Å². The van der Waals surface area contributed by atoms with Crippen LogP contribution in [0.25, 0.3) is 33.6 Å². The molecule has 2 saturated heterocycles. The molecule has 2 aliphatic heterocycles. The molecule has 0 saturated carbocycles. The van der Waals surface area contributed by atoms with E-state index in [1.165, 1.54) is 0 Å². The van der Waals surface area contributed by atoms with Crippen LogP contribution in [0, 0.1) is 0 Å². The Morgan fingerprint density at radius 1 is 0.918 bits per heavy atom. The van der Waals surface area contributed by atoms with E-state index in [2.05, 4.69) is 25.8 Å². The fourth-order valence-electron chi connectivity index (χ4n) is 6.35. The quantitative estimate of drug-likeness (QED) is 0.190. The van der Waals surface area contributed by atoms with E-state index < -0.39 is 0 Å².